The van der Waals surface area contributed by atoms with Crippen LogP contribution in [0, 0.1) is 0 Å². The van der Waals surface area contributed by atoms with Crippen molar-refractivity contribution in [2.24, 2.45) is 0 Å². The minimum atomic E-state index is -5.08. The molecule has 1 N–H and O–H groups in total. The maximum atomic E-state index is 10.6. The van der Waals surface area contributed by atoms with Crippen LogP contribution in [-0.2, 0) is 11.2 Å². The molecule has 3 aromatic rings. The van der Waals surface area contributed by atoms with Crippen LogP contribution in [0.15, 0.2) is 28.8 Å². The molecule has 0 aliphatic carbocycles. The Morgan fingerprint density at radius 3 is 2.53 bits per heavy atom. The summed E-state index contributed by atoms with van der Waals surface area (Å²) in [5.41, 5.74) is 2.09. The SMILES string of the molecule is CCCN1CC(c2nc(-n3nc(CC)c4ccccc43)no2)C1.O=C(O)C(F)(F)F. The lowest BCUT2D eigenvalue weighted by Crippen LogP contribution is -2.45. The van der Waals surface area contributed by atoms with E-state index < -0.39 is 12.1 Å². The number of aromatic nitrogens is 4. The first-order valence-corrected chi connectivity index (χ1v) is 9.57. The van der Waals surface area contributed by atoms with Gasteiger partial charge in [0.25, 0.3) is 5.95 Å². The minimum Gasteiger partial charge on any atom is -0.475 e. The molecule has 4 rings (SSSR count). The molecule has 8 nitrogen and oxygen atoms in total. The molecule has 0 spiro atoms. The lowest BCUT2D eigenvalue weighted by Gasteiger charge is -2.36. The van der Waals surface area contributed by atoms with Crippen molar-refractivity contribution < 1.29 is 27.6 Å². The van der Waals surface area contributed by atoms with Crippen LogP contribution in [0.3, 0.4) is 0 Å². The molecule has 0 bridgehead atoms. The molecule has 0 saturated carbocycles. The third-order valence-corrected chi connectivity index (χ3v) is 4.71. The predicted octanol–water partition coefficient (Wildman–Crippen LogP) is 3.41. The summed E-state index contributed by atoms with van der Waals surface area (Å²) >= 11 is 0. The van der Waals surface area contributed by atoms with Crippen LogP contribution in [0.2, 0.25) is 0 Å². The van der Waals surface area contributed by atoms with Gasteiger partial charge in [-0.1, -0.05) is 32.0 Å². The first-order valence-electron chi connectivity index (χ1n) is 9.57. The van der Waals surface area contributed by atoms with Gasteiger partial charge in [0.15, 0.2) is 0 Å². The highest BCUT2D eigenvalue weighted by molar-refractivity contribution is 5.83. The number of para-hydroxylation sites is 1. The molecule has 30 heavy (non-hydrogen) atoms. The van der Waals surface area contributed by atoms with Gasteiger partial charge < -0.3 is 14.5 Å². The number of alkyl halides is 3. The van der Waals surface area contributed by atoms with E-state index in [0.717, 1.165) is 48.5 Å². The molecule has 1 fully saturated rings. The third-order valence-electron chi connectivity index (χ3n) is 4.71. The quantitative estimate of drug-likeness (QED) is 0.669. The van der Waals surface area contributed by atoms with E-state index in [2.05, 4.69) is 40.1 Å². The molecule has 162 valence electrons. The average molecular weight is 425 g/mol. The number of carboxylic acid groups (broad SMARTS) is 1. The van der Waals surface area contributed by atoms with Gasteiger partial charge in [-0.3, -0.25) is 0 Å². The van der Waals surface area contributed by atoms with Gasteiger partial charge in [-0.25, -0.2) is 4.79 Å². The van der Waals surface area contributed by atoms with Crippen molar-refractivity contribution in [3.8, 4) is 5.95 Å². The Bertz CT molecular complexity index is 1010. The first kappa shape index (κ1) is 21.8. The average Bonchev–Trinajstić information content (AvgIpc) is 3.28. The van der Waals surface area contributed by atoms with E-state index in [9.17, 15) is 13.2 Å². The normalized spacial score (nSPS) is 15.0. The number of rotatable bonds is 5. The lowest BCUT2D eigenvalue weighted by molar-refractivity contribution is -0.192. The Morgan fingerprint density at radius 1 is 1.27 bits per heavy atom. The van der Waals surface area contributed by atoms with Crippen molar-refractivity contribution in [3.05, 3.63) is 35.9 Å². The topological polar surface area (TPSA) is 97.3 Å². The minimum absolute atomic E-state index is 0.357. The maximum Gasteiger partial charge on any atom is 0.490 e. The Morgan fingerprint density at radius 2 is 1.93 bits per heavy atom. The van der Waals surface area contributed by atoms with Crippen LogP contribution in [0.5, 0.6) is 0 Å². The summed E-state index contributed by atoms with van der Waals surface area (Å²) in [6, 6.07) is 8.18. The number of nitrogens with zero attached hydrogens (tertiary/aromatic N) is 5. The Kier molecular flexibility index (Phi) is 6.40. The van der Waals surface area contributed by atoms with Gasteiger partial charge in [0.05, 0.1) is 17.1 Å². The molecule has 1 saturated heterocycles. The molecule has 2 aromatic heterocycles. The number of fused-ring (bicyclic) bond motifs is 1. The fourth-order valence-electron chi connectivity index (χ4n) is 3.25. The zero-order chi connectivity index (χ0) is 21.9. The van der Waals surface area contributed by atoms with Crippen molar-refractivity contribution in [1.82, 2.24) is 24.8 Å². The van der Waals surface area contributed by atoms with E-state index in [0.29, 0.717) is 11.9 Å². The smallest absolute Gasteiger partial charge is 0.475 e. The maximum absolute atomic E-state index is 10.6. The summed E-state index contributed by atoms with van der Waals surface area (Å²) in [4.78, 5) is 15.9. The predicted molar refractivity (Wildman–Crippen MR) is 101 cm³/mol. The number of hydrogen-bond donors (Lipinski definition) is 1. The van der Waals surface area contributed by atoms with Gasteiger partial charge in [-0.05, 0) is 30.6 Å². The number of halogens is 3. The van der Waals surface area contributed by atoms with E-state index in [1.165, 1.54) is 6.42 Å². The molecule has 0 atom stereocenters. The standard InChI is InChI=1S/C17H21N5O.C2HF3O2/c1-3-9-21-10-12(11-21)16-18-17(20-23-16)22-15-8-6-5-7-13(15)14(4-2)19-22;3-2(4,5)1(6)7/h5-8,12H,3-4,9-11H2,1-2H3;(H,6,7). The first-order chi connectivity index (χ1) is 14.2. The highest BCUT2D eigenvalue weighted by Crippen LogP contribution is 2.27. The molecule has 3 heterocycles. The van der Waals surface area contributed by atoms with Gasteiger partial charge in [-0.15, -0.1) is 0 Å². The number of carboxylic acids is 1. The van der Waals surface area contributed by atoms with Gasteiger partial charge in [0, 0.05) is 18.5 Å². The summed E-state index contributed by atoms with van der Waals surface area (Å²) in [5, 5.41) is 17.1. The monoisotopic (exact) mass is 425 g/mol. The van der Waals surface area contributed by atoms with E-state index in [-0.39, 0.29) is 0 Å². The summed E-state index contributed by atoms with van der Waals surface area (Å²) in [7, 11) is 0. The molecule has 11 heteroatoms. The Hall–Kier alpha value is -2.95. The Balaban J connectivity index is 0.000000318. The highest BCUT2D eigenvalue weighted by atomic mass is 19.4. The number of aliphatic carboxylic acids is 1. The van der Waals surface area contributed by atoms with Crippen LogP contribution in [-0.4, -0.2) is 61.7 Å². The number of hydrogen-bond acceptors (Lipinski definition) is 6. The van der Waals surface area contributed by atoms with Gasteiger partial charge in [0.1, 0.15) is 0 Å². The van der Waals surface area contributed by atoms with Gasteiger partial charge in [-0.2, -0.15) is 27.9 Å². The summed E-state index contributed by atoms with van der Waals surface area (Å²) in [6.45, 7) is 7.47. The molecular formula is C19H22F3N5O3. The van der Waals surface area contributed by atoms with Crippen molar-refractivity contribution >= 4 is 16.9 Å². The van der Waals surface area contributed by atoms with E-state index in [4.69, 9.17) is 14.4 Å². The molecule has 0 amide bonds. The number of carbonyl (C=O) groups is 1. The van der Waals surface area contributed by atoms with E-state index in [1.807, 2.05) is 18.2 Å². The Labute approximate surface area is 170 Å². The second-order valence-corrected chi connectivity index (χ2v) is 6.92. The second-order valence-electron chi connectivity index (χ2n) is 6.92. The van der Waals surface area contributed by atoms with Gasteiger partial charge in [0.2, 0.25) is 5.89 Å². The lowest BCUT2D eigenvalue weighted by atomic mass is 10.0. The zero-order valence-corrected chi connectivity index (χ0v) is 16.6. The number of benzene rings is 1. The molecule has 1 aliphatic rings. The van der Waals surface area contributed by atoms with Crippen molar-refractivity contribution in [2.75, 3.05) is 19.6 Å². The molecule has 0 radical (unpaired) electrons. The van der Waals surface area contributed by atoms with E-state index in [1.54, 1.807) is 4.68 Å². The summed E-state index contributed by atoms with van der Waals surface area (Å²) in [6.07, 6.45) is -3.02. The molecule has 1 aliphatic heterocycles. The van der Waals surface area contributed by atoms with Gasteiger partial charge >= 0.3 is 12.1 Å². The number of likely N-dealkylation sites (tertiary alicyclic amines) is 1. The van der Waals surface area contributed by atoms with Crippen molar-refractivity contribution in [2.45, 2.75) is 38.8 Å². The summed E-state index contributed by atoms with van der Waals surface area (Å²) < 4.78 is 39.0. The van der Waals surface area contributed by atoms with Crippen LogP contribution in [0.4, 0.5) is 13.2 Å². The zero-order valence-electron chi connectivity index (χ0n) is 16.6. The number of aryl methyl sites for hydroxylation is 1. The molecule has 0 unspecified atom stereocenters. The largest absolute Gasteiger partial charge is 0.490 e. The van der Waals surface area contributed by atoms with Crippen LogP contribution in [0.1, 0.15) is 37.8 Å². The van der Waals surface area contributed by atoms with Crippen LogP contribution < -0.4 is 0 Å². The van der Waals surface area contributed by atoms with Crippen molar-refractivity contribution in [3.63, 3.8) is 0 Å². The third kappa shape index (κ3) is 4.61. The second kappa shape index (κ2) is 8.82. The summed E-state index contributed by atoms with van der Waals surface area (Å²) in [5.74, 6) is -1.14. The van der Waals surface area contributed by atoms with Crippen LogP contribution in [0.25, 0.3) is 16.9 Å². The molecule has 1 aromatic carbocycles. The van der Waals surface area contributed by atoms with E-state index >= 15 is 0 Å². The highest BCUT2D eigenvalue weighted by Gasteiger charge is 2.38. The van der Waals surface area contributed by atoms with Crippen molar-refractivity contribution in [1.29, 1.82) is 0 Å². The van der Waals surface area contributed by atoms with Crippen LogP contribution >= 0.6 is 0 Å². The fraction of sp³-hybridized carbons (Fsp3) is 0.474. The molecular weight excluding hydrogens is 403 g/mol. The fourth-order valence-corrected chi connectivity index (χ4v) is 3.25.